The monoisotopic (exact) mass is 513 g/mol. The van der Waals surface area contributed by atoms with E-state index in [-0.39, 0.29) is 0 Å². The molecule has 2 aliphatic heterocycles. The zero-order valence-corrected chi connectivity index (χ0v) is 23.4. The molecule has 38 heavy (non-hydrogen) atoms. The summed E-state index contributed by atoms with van der Waals surface area (Å²) < 4.78 is 5.68. The Morgan fingerprint density at radius 2 is 1.50 bits per heavy atom. The maximum atomic E-state index is 5.68. The van der Waals surface area contributed by atoms with Crippen LogP contribution in [0.5, 0.6) is 0 Å². The molecule has 2 saturated heterocycles. The molecule has 3 aliphatic rings. The topological polar surface area (TPSA) is 34.5 Å². The minimum absolute atomic E-state index is 0.792. The van der Waals surface area contributed by atoms with Crippen LogP contribution >= 0.6 is 0 Å². The number of nitrogens with zero attached hydrogens (tertiary/aromatic N) is 5. The van der Waals surface area contributed by atoms with Gasteiger partial charge in [0, 0.05) is 56.3 Å². The Labute approximate surface area is 228 Å². The molecule has 1 aliphatic carbocycles. The van der Waals surface area contributed by atoms with Crippen molar-refractivity contribution in [3.05, 3.63) is 76.5 Å². The van der Waals surface area contributed by atoms with Crippen molar-refractivity contribution in [3.63, 3.8) is 0 Å². The lowest BCUT2D eigenvalue weighted by Crippen LogP contribution is -2.44. The van der Waals surface area contributed by atoms with E-state index < -0.39 is 0 Å². The van der Waals surface area contributed by atoms with Crippen LogP contribution in [0.15, 0.2) is 70.5 Å². The van der Waals surface area contributed by atoms with E-state index in [1.54, 1.807) is 0 Å². The average molecular weight is 514 g/mol. The Morgan fingerprint density at radius 1 is 0.816 bits per heavy atom. The second kappa shape index (κ2) is 12.5. The largest absolute Gasteiger partial charge is 0.378 e. The van der Waals surface area contributed by atoms with E-state index in [0.717, 1.165) is 78.4 Å². The van der Waals surface area contributed by atoms with Gasteiger partial charge in [-0.1, -0.05) is 29.8 Å². The average Bonchev–Trinajstić information content (AvgIpc) is 3.37. The molecule has 202 valence electrons. The minimum Gasteiger partial charge on any atom is -0.378 e. The van der Waals surface area contributed by atoms with Crippen LogP contribution in [0, 0.1) is 6.92 Å². The number of benzene rings is 2. The van der Waals surface area contributed by atoms with Crippen molar-refractivity contribution in [1.82, 2.24) is 9.91 Å². The SMILES string of the molecule is CCN(CC)c1ccc(/C=C2/CCC(C=NN3CCN(c4ccc(C)cc4)CC3)=C2N2CCOCC2)cc1. The van der Waals surface area contributed by atoms with Gasteiger partial charge in [0.05, 0.1) is 32.5 Å². The van der Waals surface area contributed by atoms with Crippen molar-refractivity contribution in [3.8, 4) is 0 Å². The van der Waals surface area contributed by atoms with Crippen molar-refractivity contribution in [2.45, 2.75) is 33.6 Å². The van der Waals surface area contributed by atoms with E-state index in [9.17, 15) is 0 Å². The maximum Gasteiger partial charge on any atom is 0.0642 e. The molecule has 0 radical (unpaired) electrons. The summed E-state index contributed by atoms with van der Waals surface area (Å²) in [5.41, 5.74) is 9.35. The summed E-state index contributed by atoms with van der Waals surface area (Å²) in [6, 6.07) is 17.9. The van der Waals surface area contributed by atoms with Gasteiger partial charge >= 0.3 is 0 Å². The highest BCUT2D eigenvalue weighted by atomic mass is 16.5. The zero-order chi connectivity index (χ0) is 26.3. The number of ether oxygens (including phenoxy) is 1. The molecule has 2 heterocycles. The molecule has 6 heteroatoms. The van der Waals surface area contributed by atoms with Crippen LogP contribution in [0.1, 0.15) is 37.8 Å². The predicted octanol–water partition coefficient (Wildman–Crippen LogP) is 5.41. The van der Waals surface area contributed by atoms with E-state index in [1.807, 2.05) is 0 Å². The molecular formula is C32H43N5O. The van der Waals surface area contributed by atoms with Crippen LogP contribution < -0.4 is 9.80 Å². The first-order valence-corrected chi connectivity index (χ1v) is 14.4. The lowest BCUT2D eigenvalue weighted by Gasteiger charge is -2.34. The summed E-state index contributed by atoms with van der Waals surface area (Å²) >= 11 is 0. The van der Waals surface area contributed by atoms with Gasteiger partial charge < -0.3 is 19.4 Å². The van der Waals surface area contributed by atoms with Crippen molar-refractivity contribution in [1.29, 1.82) is 0 Å². The van der Waals surface area contributed by atoms with E-state index in [2.05, 4.69) is 101 Å². The minimum atomic E-state index is 0.792. The normalized spacial score (nSPS) is 19.8. The van der Waals surface area contributed by atoms with Crippen LogP contribution in [0.2, 0.25) is 0 Å². The Balaban J connectivity index is 1.30. The summed E-state index contributed by atoms with van der Waals surface area (Å²) in [5, 5.41) is 7.22. The molecule has 2 aromatic carbocycles. The molecule has 5 rings (SSSR count). The molecule has 6 nitrogen and oxygen atoms in total. The zero-order valence-electron chi connectivity index (χ0n) is 23.4. The van der Waals surface area contributed by atoms with E-state index >= 15 is 0 Å². The quantitative estimate of drug-likeness (QED) is 0.441. The molecule has 0 N–H and O–H groups in total. The molecule has 0 spiro atoms. The van der Waals surface area contributed by atoms with Crippen LogP contribution in [0.25, 0.3) is 6.08 Å². The van der Waals surface area contributed by atoms with Gasteiger partial charge in [-0.05, 0) is 80.7 Å². The van der Waals surface area contributed by atoms with Crippen molar-refractivity contribution in [2.24, 2.45) is 5.10 Å². The maximum absolute atomic E-state index is 5.68. The Hall–Kier alpha value is -3.25. The van der Waals surface area contributed by atoms with Gasteiger partial charge in [0.25, 0.3) is 0 Å². The van der Waals surface area contributed by atoms with Crippen LogP contribution in [-0.4, -0.2) is 81.7 Å². The van der Waals surface area contributed by atoms with Crippen LogP contribution in [0.4, 0.5) is 11.4 Å². The van der Waals surface area contributed by atoms with Gasteiger partial charge in [0.15, 0.2) is 0 Å². The summed E-state index contributed by atoms with van der Waals surface area (Å²) in [5.74, 6) is 0. The number of hydrogen-bond donors (Lipinski definition) is 0. The predicted molar refractivity (Wildman–Crippen MR) is 160 cm³/mol. The molecule has 2 fully saturated rings. The van der Waals surface area contributed by atoms with Crippen molar-refractivity contribution >= 4 is 23.7 Å². The summed E-state index contributed by atoms with van der Waals surface area (Å²) in [4.78, 5) is 7.37. The number of allylic oxidation sites excluding steroid dienone is 2. The Morgan fingerprint density at radius 3 is 2.16 bits per heavy atom. The highest BCUT2D eigenvalue weighted by Gasteiger charge is 2.26. The van der Waals surface area contributed by atoms with Gasteiger partial charge in [-0.15, -0.1) is 0 Å². The van der Waals surface area contributed by atoms with Gasteiger partial charge in [0.1, 0.15) is 0 Å². The summed E-state index contributed by atoms with van der Waals surface area (Å²) in [6.07, 6.45) is 6.64. The van der Waals surface area contributed by atoms with E-state index in [1.165, 1.54) is 39.3 Å². The Bertz CT molecular complexity index is 1130. The lowest BCUT2D eigenvalue weighted by molar-refractivity contribution is 0.0548. The van der Waals surface area contributed by atoms with Crippen LogP contribution in [0.3, 0.4) is 0 Å². The van der Waals surface area contributed by atoms with Gasteiger partial charge in [-0.25, -0.2) is 0 Å². The van der Waals surface area contributed by atoms with Crippen molar-refractivity contribution in [2.75, 3.05) is 75.4 Å². The second-order valence-electron chi connectivity index (χ2n) is 10.4. The van der Waals surface area contributed by atoms with E-state index in [0.29, 0.717) is 0 Å². The summed E-state index contributed by atoms with van der Waals surface area (Å²) in [7, 11) is 0. The molecule has 0 amide bonds. The number of hydrazone groups is 1. The molecule has 0 saturated carbocycles. The van der Waals surface area contributed by atoms with Crippen molar-refractivity contribution < 1.29 is 4.74 Å². The highest BCUT2D eigenvalue weighted by molar-refractivity contribution is 5.83. The number of piperazine rings is 1. The van der Waals surface area contributed by atoms with Gasteiger partial charge in [0.2, 0.25) is 0 Å². The number of morpholine rings is 1. The smallest absolute Gasteiger partial charge is 0.0642 e. The van der Waals surface area contributed by atoms with Gasteiger partial charge in [-0.2, -0.15) is 5.10 Å². The fourth-order valence-electron chi connectivity index (χ4n) is 5.72. The number of hydrogen-bond acceptors (Lipinski definition) is 6. The third-order valence-corrected chi connectivity index (χ3v) is 7.99. The molecule has 0 unspecified atom stereocenters. The molecule has 0 aromatic heterocycles. The molecule has 0 atom stereocenters. The standard InChI is InChI=1S/C32H43N5O/c1-4-34(5-2)30-14-8-27(9-15-30)24-28-10-11-29(32(28)36-20-22-38-23-21-36)25-33-37-18-16-35(17-19-37)31-12-6-26(3)7-13-31/h6-9,12-15,24-25H,4-5,10-11,16-23H2,1-3H3/b28-24-,33-25?. The molecule has 0 bridgehead atoms. The third kappa shape index (κ3) is 6.24. The molecule has 2 aromatic rings. The highest BCUT2D eigenvalue weighted by Crippen LogP contribution is 2.35. The summed E-state index contributed by atoms with van der Waals surface area (Å²) in [6.45, 7) is 16.0. The fraction of sp³-hybridized carbons (Fsp3) is 0.469. The van der Waals surface area contributed by atoms with E-state index in [4.69, 9.17) is 9.84 Å². The third-order valence-electron chi connectivity index (χ3n) is 7.99. The fourth-order valence-corrected chi connectivity index (χ4v) is 5.72. The Kier molecular flexibility index (Phi) is 8.69. The molecular weight excluding hydrogens is 470 g/mol. The first-order chi connectivity index (χ1) is 18.6. The van der Waals surface area contributed by atoms with Gasteiger partial charge in [-0.3, -0.25) is 5.01 Å². The van der Waals surface area contributed by atoms with Crippen LogP contribution in [-0.2, 0) is 4.74 Å². The number of rotatable bonds is 8. The number of aryl methyl sites for hydroxylation is 1. The number of anilines is 2. The lowest BCUT2D eigenvalue weighted by atomic mass is 10.1. The second-order valence-corrected chi connectivity index (χ2v) is 10.4. The first-order valence-electron chi connectivity index (χ1n) is 14.4. The first kappa shape index (κ1) is 26.4.